The fourth-order valence-corrected chi connectivity index (χ4v) is 3.44. The van der Waals surface area contributed by atoms with Crippen LogP contribution in [0.4, 0.5) is 4.79 Å². The van der Waals surface area contributed by atoms with Crippen LogP contribution >= 0.6 is 0 Å². The van der Waals surface area contributed by atoms with E-state index < -0.39 is 36.3 Å². The molecule has 2 atom stereocenters. The molecule has 9 nitrogen and oxygen atoms in total. The summed E-state index contributed by atoms with van der Waals surface area (Å²) in [6.07, 6.45) is 2.56. The van der Waals surface area contributed by atoms with E-state index in [-0.39, 0.29) is 12.5 Å². The lowest BCUT2D eigenvalue weighted by atomic mass is 9.84. The van der Waals surface area contributed by atoms with Gasteiger partial charge < -0.3 is 31.3 Å². The van der Waals surface area contributed by atoms with E-state index in [1.165, 1.54) is 0 Å². The second kappa shape index (κ2) is 11.4. The lowest BCUT2D eigenvalue weighted by molar-refractivity contribution is -0.140. The SMILES string of the molecule is NC(=O)C(NC(=O)C(CC1CCCCC1)NC(=O)OCc1ccccc1)C(O)O. The first kappa shape index (κ1) is 22.6. The Morgan fingerprint density at radius 1 is 1.07 bits per heavy atom. The molecular weight excluding hydrogens is 378 g/mol. The largest absolute Gasteiger partial charge is 0.445 e. The molecule has 160 valence electrons. The van der Waals surface area contributed by atoms with Gasteiger partial charge in [-0.3, -0.25) is 9.59 Å². The molecule has 2 unspecified atom stereocenters. The van der Waals surface area contributed by atoms with Gasteiger partial charge in [0, 0.05) is 0 Å². The first-order chi connectivity index (χ1) is 13.9. The highest BCUT2D eigenvalue weighted by Gasteiger charge is 2.31. The van der Waals surface area contributed by atoms with E-state index in [2.05, 4.69) is 10.6 Å². The molecule has 0 heterocycles. The Kier molecular flexibility index (Phi) is 8.88. The van der Waals surface area contributed by atoms with Crippen molar-refractivity contribution in [3.63, 3.8) is 0 Å². The summed E-state index contributed by atoms with van der Waals surface area (Å²) >= 11 is 0. The molecule has 1 fully saturated rings. The summed E-state index contributed by atoms with van der Waals surface area (Å²) in [4.78, 5) is 36.2. The minimum absolute atomic E-state index is 0.0453. The molecule has 6 N–H and O–H groups in total. The van der Waals surface area contributed by atoms with Gasteiger partial charge in [-0.2, -0.15) is 0 Å². The second-order valence-electron chi connectivity index (χ2n) is 7.30. The number of hydrogen-bond donors (Lipinski definition) is 5. The Morgan fingerprint density at radius 3 is 2.31 bits per heavy atom. The maximum Gasteiger partial charge on any atom is 0.408 e. The fraction of sp³-hybridized carbons (Fsp3) is 0.550. The van der Waals surface area contributed by atoms with E-state index in [9.17, 15) is 24.6 Å². The van der Waals surface area contributed by atoms with Crippen LogP contribution in [-0.4, -0.2) is 46.5 Å². The number of ether oxygens (including phenoxy) is 1. The molecule has 0 aromatic heterocycles. The average molecular weight is 407 g/mol. The van der Waals surface area contributed by atoms with Gasteiger partial charge in [0.2, 0.25) is 11.8 Å². The topological polar surface area (TPSA) is 151 Å². The van der Waals surface area contributed by atoms with Crippen LogP contribution in [0.3, 0.4) is 0 Å². The molecule has 0 spiro atoms. The van der Waals surface area contributed by atoms with Crippen molar-refractivity contribution in [2.75, 3.05) is 0 Å². The molecule has 2 rings (SSSR count). The summed E-state index contributed by atoms with van der Waals surface area (Å²) in [5.41, 5.74) is 5.90. The van der Waals surface area contributed by atoms with Gasteiger partial charge in [-0.15, -0.1) is 0 Å². The molecule has 1 saturated carbocycles. The Morgan fingerprint density at radius 2 is 1.72 bits per heavy atom. The summed E-state index contributed by atoms with van der Waals surface area (Å²) in [6, 6.07) is 6.44. The molecule has 1 aliphatic rings. The van der Waals surface area contributed by atoms with E-state index in [1.54, 1.807) is 12.1 Å². The van der Waals surface area contributed by atoms with Crippen LogP contribution in [0, 0.1) is 5.92 Å². The Bertz CT molecular complexity index is 676. The Balaban J connectivity index is 1.99. The van der Waals surface area contributed by atoms with Crippen LogP contribution in [0.15, 0.2) is 30.3 Å². The van der Waals surface area contributed by atoms with Gasteiger partial charge in [0.25, 0.3) is 0 Å². The zero-order valence-corrected chi connectivity index (χ0v) is 16.3. The maximum absolute atomic E-state index is 12.6. The van der Waals surface area contributed by atoms with Crippen LogP contribution in [-0.2, 0) is 20.9 Å². The highest BCUT2D eigenvalue weighted by atomic mass is 16.5. The predicted octanol–water partition coefficient (Wildman–Crippen LogP) is 0.533. The lowest BCUT2D eigenvalue weighted by Gasteiger charge is -2.27. The zero-order valence-electron chi connectivity index (χ0n) is 16.3. The number of nitrogens with one attached hydrogen (secondary N) is 2. The van der Waals surface area contributed by atoms with E-state index in [0.717, 1.165) is 37.7 Å². The van der Waals surface area contributed by atoms with Gasteiger partial charge in [0.1, 0.15) is 12.6 Å². The van der Waals surface area contributed by atoms with E-state index in [4.69, 9.17) is 10.5 Å². The molecule has 3 amide bonds. The Labute approximate surface area is 169 Å². The van der Waals surface area contributed by atoms with Crippen molar-refractivity contribution in [3.8, 4) is 0 Å². The first-order valence-electron chi connectivity index (χ1n) is 9.80. The number of rotatable bonds is 9. The number of primary amides is 1. The van der Waals surface area contributed by atoms with Crippen molar-refractivity contribution < 1.29 is 29.3 Å². The van der Waals surface area contributed by atoms with Crippen LogP contribution in [0.2, 0.25) is 0 Å². The highest BCUT2D eigenvalue weighted by Crippen LogP contribution is 2.27. The van der Waals surface area contributed by atoms with Gasteiger partial charge in [-0.25, -0.2) is 4.79 Å². The minimum atomic E-state index is -2.14. The molecule has 0 aliphatic heterocycles. The van der Waals surface area contributed by atoms with Crippen LogP contribution in [0.5, 0.6) is 0 Å². The Hall–Kier alpha value is -2.65. The third kappa shape index (κ3) is 7.71. The van der Waals surface area contributed by atoms with Crippen LogP contribution in [0.1, 0.15) is 44.1 Å². The summed E-state index contributed by atoms with van der Waals surface area (Å²) < 4.78 is 5.18. The number of benzene rings is 1. The van der Waals surface area contributed by atoms with Gasteiger partial charge in [0.05, 0.1) is 0 Å². The summed E-state index contributed by atoms with van der Waals surface area (Å²) in [7, 11) is 0. The average Bonchev–Trinajstić information content (AvgIpc) is 2.71. The highest BCUT2D eigenvalue weighted by molar-refractivity contribution is 5.90. The minimum Gasteiger partial charge on any atom is -0.445 e. The number of alkyl carbamates (subject to hydrolysis) is 1. The summed E-state index contributed by atoms with van der Waals surface area (Å²) in [5, 5.41) is 23.2. The van der Waals surface area contributed by atoms with Gasteiger partial charge in [-0.05, 0) is 17.9 Å². The number of hydrogen-bond acceptors (Lipinski definition) is 6. The molecular formula is C20H29N3O6. The third-order valence-corrected chi connectivity index (χ3v) is 5.02. The number of aliphatic hydroxyl groups excluding tert-OH is 1. The van der Waals surface area contributed by atoms with Crippen LogP contribution in [0.25, 0.3) is 0 Å². The molecule has 0 saturated heterocycles. The summed E-state index contributed by atoms with van der Waals surface area (Å²) in [5.74, 6) is -1.57. The van der Waals surface area contributed by atoms with E-state index >= 15 is 0 Å². The zero-order chi connectivity index (χ0) is 21.2. The lowest BCUT2D eigenvalue weighted by Crippen LogP contribution is -2.57. The van der Waals surface area contributed by atoms with Crippen molar-refractivity contribution in [1.29, 1.82) is 0 Å². The number of carbonyl (C=O) groups is 3. The summed E-state index contributed by atoms with van der Waals surface area (Å²) in [6.45, 7) is 0.0453. The molecule has 1 aliphatic carbocycles. The monoisotopic (exact) mass is 407 g/mol. The standard InChI is InChI=1S/C20H29N3O6/c21-17(24)16(19(26)27)23-18(25)15(11-13-7-3-1-4-8-13)22-20(28)29-12-14-9-5-2-6-10-14/h2,5-6,9-10,13,15-16,19,26-27H,1,3-4,7-8,11-12H2,(H2,21,24)(H,22,28)(H,23,25). The number of nitrogens with two attached hydrogens (primary N) is 1. The number of aliphatic hydroxyl groups is 2. The molecule has 0 bridgehead atoms. The quantitative estimate of drug-likeness (QED) is 0.377. The van der Waals surface area contributed by atoms with Crippen LogP contribution < -0.4 is 16.4 Å². The van der Waals surface area contributed by atoms with Gasteiger partial charge >= 0.3 is 6.09 Å². The first-order valence-corrected chi connectivity index (χ1v) is 9.80. The molecule has 0 radical (unpaired) electrons. The van der Waals surface area contributed by atoms with Crippen molar-refractivity contribution in [1.82, 2.24) is 10.6 Å². The van der Waals surface area contributed by atoms with Gasteiger partial charge in [-0.1, -0.05) is 62.4 Å². The number of amides is 3. The smallest absolute Gasteiger partial charge is 0.408 e. The third-order valence-electron chi connectivity index (χ3n) is 5.02. The van der Waals surface area contributed by atoms with Crippen molar-refractivity contribution in [2.24, 2.45) is 11.7 Å². The van der Waals surface area contributed by atoms with Crippen molar-refractivity contribution in [3.05, 3.63) is 35.9 Å². The van der Waals surface area contributed by atoms with E-state index in [1.807, 2.05) is 18.2 Å². The molecule has 9 heteroatoms. The van der Waals surface area contributed by atoms with Gasteiger partial charge in [0.15, 0.2) is 12.3 Å². The van der Waals surface area contributed by atoms with Crippen molar-refractivity contribution >= 4 is 17.9 Å². The second-order valence-corrected chi connectivity index (χ2v) is 7.30. The molecule has 1 aromatic rings. The molecule has 1 aromatic carbocycles. The normalized spacial score (nSPS) is 16.7. The maximum atomic E-state index is 12.6. The number of carbonyl (C=O) groups excluding carboxylic acids is 3. The predicted molar refractivity (Wildman–Crippen MR) is 104 cm³/mol. The molecule has 29 heavy (non-hydrogen) atoms. The van der Waals surface area contributed by atoms with E-state index in [0.29, 0.717) is 6.42 Å². The fourth-order valence-electron chi connectivity index (χ4n) is 3.44. The van der Waals surface area contributed by atoms with Crippen molar-refractivity contribution in [2.45, 2.75) is 63.5 Å².